The largest absolute Gasteiger partial charge is 0.507 e. The Kier molecular flexibility index (Phi) is 3.64. The first kappa shape index (κ1) is 15.8. The number of rotatable bonds is 3. The zero-order chi connectivity index (χ0) is 17.5. The molecule has 0 aliphatic carbocycles. The molecule has 2 aromatic heterocycles. The van der Waals surface area contributed by atoms with Crippen molar-refractivity contribution in [1.29, 1.82) is 0 Å². The summed E-state index contributed by atoms with van der Waals surface area (Å²) in [6, 6.07) is 9.04. The molecular formula is C15H13N3O5S. The van der Waals surface area contributed by atoms with Crippen LogP contribution in [-0.2, 0) is 10.0 Å². The lowest BCUT2D eigenvalue weighted by Gasteiger charge is -2.09. The quantitative estimate of drug-likeness (QED) is 0.615. The van der Waals surface area contributed by atoms with Gasteiger partial charge >= 0.3 is 0 Å². The van der Waals surface area contributed by atoms with E-state index in [0.717, 1.165) is 12.3 Å². The maximum absolute atomic E-state index is 11.4. The van der Waals surface area contributed by atoms with Crippen molar-refractivity contribution in [2.24, 2.45) is 0 Å². The highest BCUT2D eigenvalue weighted by Crippen LogP contribution is 2.28. The molecule has 124 valence electrons. The van der Waals surface area contributed by atoms with E-state index >= 15 is 0 Å². The van der Waals surface area contributed by atoms with Crippen LogP contribution in [0.25, 0.3) is 22.2 Å². The van der Waals surface area contributed by atoms with Gasteiger partial charge in [0, 0.05) is 23.5 Å². The van der Waals surface area contributed by atoms with E-state index in [1.165, 1.54) is 6.20 Å². The average Bonchev–Trinajstić information content (AvgIpc) is 2.51. The van der Waals surface area contributed by atoms with Gasteiger partial charge in [0.1, 0.15) is 5.75 Å². The van der Waals surface area contributed by atoms with Crippen molar-refractivity contribution < 1.29 is 18.7 Å². The third kappa shape index (κ3) is 3.01. The smallest absolute Gasteiger partial charge is 0.288 e. The SMILES string of the molecule is CS(=O)(=O)Nc1cccc(-c2cnc3c(c2)c(O)cc(=O)n3O)c1. The molecule has 2 heterocycles. The van der Waals surface area contributed by atoms with Crippen molar-refractivity contribution in [2.45, 2.75) is 0 Å². The summed E-state index contributed by atoms with van der Waals surface area (Å²) in [5.74, 6) is -0.305. The molecule has 0 aliphatic heterocycles. The summed E-state index contributed by atoms with van der Waals surface area (Å²) < 4.78 is 25.4. The number of benzene rings is 1. The summed E-state index contributed by atoms with van der Waals surface area (Å²) >= 11 is 0. The first-order valence-corrected chi connectivity index (χ1v) is 8.66. The van der Waals surface area contributed by atoms with E-state index in [1.807, 2.05) is 0 Å². The Morgan fingerprint density at radius 3 is 2.62 bits per heavy atom. The molecule has 3 N–H and O–H groups in total. The summed E-state index contributed by atoms with van der Waals surface area (Å²) in [5.41, 5.74) is 0.738. The standard InChI is InChI=1S/C15H13N3O5S/c1-24(22,23)17-11-4-2-3-9(5-11)10-6-12-13(19)7-14(20)18(21)15(12)16-8-10/h2-8,17,19,21H,1H3. The van der Waals surface area contributed by atoms with Gasteiger partial charge in [0.05, 0.1) is 11.6 Å². The van der Waals surface area contributed by atoms with Gasteiger partial charge in [0.2, 0.25) is 10.0 Å². The number of nitrogens with zero attached hydrogens (tertiary/aromatic N) is 2. The third-order valence-corrected chi connectivity index (χ3v) is 3.92. The second-order valence-corrected chi connectivity index (χ2v) is 6.98. The van der Waals surface area contributed by atoms with Crippen molar-refractivity contribution in [2.75, 3.05) is 11.0 Å². The van der Waals surface area contributed by atoms with Gasteiger partial charge in [-0.15, -0.1) is 4.73 Å². The molecule has 0 fully saturated rings. The molecule has 0 aliphatic rings. The van der Waals surface area contributed by atoms with Gasteiger partial charge in [-0.2, -0.15) is 0 Å². The van der Waals surface area contributed by atoms with Crippen LogP contribution >= 0.6 is 0 Å². The van der Waals surface area contributed by atoms with Crippen LogP contribution < -0.4 is 10.3 Å². The van der Waals surface area contributed by atoms with Crippen LogP contribution in [0.3, 0.4) is 0 Å². The molecule has 8 nitrogen and oxygen atoms in total. The Labute approximate surface area is 136 Å². The zero-order valence-electron chi connectivity index (χ0n) is 12.5. The maximum Gasteiger partial charge on any atom is 0.288 e. The minimum absolute atomic E-state index is 0.0748. The fraction of sp³-hybridized carbons (Fsp3) is 0.0667. The monoisotopic (exact) mass is 347 g/mol. The minimum Gasteiger partial charge on any atom is -0.507 e. The average molecular weight is 347 g/mol. The number of anilines is 1. The van der Waals surface area contributed by atoms with Crippen molar-refractivity contribution in [1.82, 2.24) is 9.71 Å². The Morgan fingerprint density at radius 2 is 1.92 bits per heavy atom. The number of hydrogen-bond acceptors (Lipinski definition) is 6. The first-order valence-electron chi connectivity index (χ1n) is 6.77. The lowest BCUT2D eigenvalue weighted by atomic mass is 10.1. The molecule has 0 unspecified atom stereocenters. The Morgan fingerprint density at radius 1 is 1.17 bits per heavy atom. The Balaban J connectivity index is 2.14. The molecule has 0 radical (unpaired) electrons. The summed E-state index contributed by atoms with van der Waals surface area (Å²) in [6.45, 7) is 0. The molecule has 0 saturated carbocycles. The van der Waals surface area contributed by atoms with Gasteiger partial charge < -0.3 is 10.3 Å². The van der Waals surface area contributed by atoms with Crippen molar-refractivity contribution in [3.05, 3.63) is 52.9 Å². The molecule has 24 heavy (non-hydrogen) atoms. The predicted octanol–water partition coefficient (Wildman–Crippen LogP) is 1.38. The topological polar surface area (TPSA) is 122 Å². The number of aromatic nitrogens is 2. The molecule has 0 amide bonds. The number of sulfonamides is 1. The summed E-state index contributed by atoms with van der Waals surface area (Å²) in [4.78, 5) is 15.4. The van der Waals surface area contributed by atoms with Crippen LogP contribution in [0.1, 0.15) is 0 Å². The lowest BCUT2D eigenvalue weighted by molar-refractivity contribution is 0.186. The molecule has 0 spiro atoms. The summed E-state index contributed by atoms with van der Waals surface area (Å²) in [5, 5.41) is 19.8. The van der Waals surface area contributed by atoms with Crippen LogP contribution in [0.4, 0.5) is 5.69 Å². The van der Waals surface area contributed by atoms with Crippen LogP contribution in [0.15, 0.2) is 47.4 Å². The van der Waals surface area contributed by atoms with E-state index in [2.05, 4.69) is 9.71 Å². The second-order valence-electron chi connectivity index (χ2n) is 5.23. The fourth-order valence-corrected chi connectivity index (χ4v) is 2.86. The van der Waals surface area contributed by atoms with Gasteiger partial charge in [-0.3, -0.25) is 9.52 Å². The van der Waals surface area contributed by atoms with Crippen LogP contribution in [0.2, 0.25) is 0 Å². The van der Waals surface area contributed by atoms with Gasteiger partial charge in [-0.05, 0) is 23.8 Å². The molecule has 0 atom stereocenters. The number of pyridine rings is 2. The molecule has 0 saturated heterocycles. The van der Waals surface area contributed by atoms with Gasteiger partial charge in [-0.1, -0.05) is 12.1 Å². The van der Waals surface area contributed by atoms with E-state index in [0.29, 0.717) is 21.5 Å². The van der Waals surface area contributed by atoms with E-state index < -0.39 is 15.6 Å². The third-order valence-electron chi connectivity index (χ3n) is 3.31. The first-order chi connectivity index (χ1) is 11.2. The Bertz CT molecular complexity index is 1110. The fourth-order valence-electron chi connectivity index (χ4n) is 2.31. The van der Waals surface area contributed by atoms with E-state index in [1.54, 1.807) is 30.3 Å². The molecule has 1 aromatic carbocycles. The maximum atomic E-state index is 11.4. The highest BCUT2D eigenvalue weighted by molar-refractivity contribution is 7.92. The summed E-state index contributed by atoms with van der Waals surface area (Å²) in [6.07, 6.45) is 2.46. The van der Waals surface area contributed by atoms with E-state index in [4.69, 9.17) is 0 Å². The van der Waals surface area contributed by atoms with Crippen LogP contribution in [0.5, 0.6) is 5.75 Å². The second kappa shape index (κ2) is 5.53. The van der Waals surface area contributed by atoms with Crippen LogP contribution in [-0.4, -0.2) is 34.7 Å². The van der Waals surface area contributed by atoms with Gasteiger partial charge in [-0.25, -0.2) is 13.4 Å². The van der Waals surface area contributed by atoms with Crippen LogP contribution in [0, 0.1) is 0 Å². The number of fused-ring (bicyclic) bond motifs is 1. The predicted molar refractivity (Wildman–Crippen MR) is 88.8 cm³/mol. The minimum atomic E-state index is -3.40. The van der Waals surface area contributed by atoms with Crippen molar-refractivity contribution in [3.8, 4) is 16.9 Å². The number of aromatic hydroxyl groups is 1. The highest BCUT2D eigenvalue weighted by Gasteiger charge is 2.11. The molecule has 0 bridgehead atoms. The van der Waals surface area contributed by atoms with Gasteiger partial charge in [0.25, 0.3) is 5.56 Å². The van der Waals surface area contributed by atoms with E-state index in [-0.39, 0.29) is 16.8 Å². The summed E-state index contributed by atoms with van der Waals surface area (Å²) in [7, 11) is -3.40. The Hall–Kier alpha value is -3.07. The molecule has 3 aromatic rings. The normalized spacial score (nSPS) is 11.5. The lowest BCUT2D eigenvalue weighted by Crippen LogP contribution is -2.17. The van der Waals surface area contributed by atoms with E-state index in [9.17, 15) is 23.5 Å². The number of nitrogens with one attached hydrogen (secondary N) is 1. The molecule has 3 rings (SSSR count). The van der Waals surface area contributed by atoms with Crippen molar-refractivity contribution >= 4 is 26.7 Å². The van der Waals surface area contributed by atoms with Gasteiger partial charge in [0.15, 0.2) is 5.65 Å². The number of hydrogen-bond donors (Lipinski definition) is 3. The van der Waals surface area contributed by atoms with Crippen molar-refractivity contribution in [3.63, 3.8) is 0 Å². The molecule has 9 heteroatoms. The zero-order valence-corrected chi connectivity index (χ0v) is 13.3. The molecular weight excluding hydrogens is 334 g/mol. The highest BCUT2D eigenvalue weighted by atomic mass is 32.2.